The number of hydrogen-bond acceptors (Lipinski definition) is 2. The van der Waals surface area contributed by atoms with Crippen LogP contribution in [0.4, 0.5) is 11.4 Å². The van der Waals surface area contributed by atoms with Gasteiger partial charge in [-0.25, -0.2) is 0 Å². The molecule has 1 saturated heterocycles. The summed E-state index contributed by atoms with van der Waals surface area (Å²) in [5, 5.41) is 0. The molecule has 0 amide bonds. The number of nitrogen functional groups attached to an aromatic ring is 1. The number of benzene rings is 1. The summed E-state index contributed by atoms with van der Waals surface area (Å²) in [6, 6.07) is 6.22. The van der Waals surface area contributed by atoms with Gasteiger partial charge in [0.1, 0.15) is 0 Å². The van der Waals surface area contributed by atoms with E-state index < -0.39 is 0 Å². The van der Waals surface area contributed by atoms with Crippen molar-refractivity contribution in [2.24, 2.45) is 5.92 Å². The number of rotatable bonds is 1. The van der Waals surface area contributed by atoms with E-state index in [2.05, 4.69) is 39.9 Å². The molecule has 1 aliphatic heterocycles. The maximum absolute atomic E-state index is 5.88. The van der Waals surface area contributed by atoms with Gasteiger partial charge in [0.05, 0.1) is 0 Å². The fraction of sp³-hybridized carbons (Fsp3) is 0.500. The van der Waals surface area contributed by atoms with E-state index in [1.165, 1.54) is 18.5 Å². The van der Waals surface area contributed by atoms with E-state index in [0.717, 1.165) is 29.2 Å². The van der Waals surface area contributed by atoms with Gasteiger partial charge in [-0.2, -0.15) is 0 Å². The zero-order valence-corrected chi connectivity index (χ0v) is 10.6. The third-order valence-corrected chi connectivity index (χ3v) is 3.85. The number of anilines is 2. The van der Waals surface area contributed by atoms with Crippen molar-refractivity contribution >= 4 is 27.3 Å². The Morgan fingerprint density at radius 2 is 2.00 bits per heavy atom. The van der Waals surface area contributed by atoms with Crippen molar-refractivity contribution in [3.63, 3.8) is 0 Å². The maximum atomic E-state index is 5.88. The number of halogens is 1. The average Bonchev–Trinajstić information content (AvgIpc) is 2.23. The summed E-state index contributed by atoms with van der Waals surface area (Å²) in [5.41, 5.74) is 7.96. The van der Waals surface area contributed by atoms with Crippen LogP contribution in [0, 0.1) is 5.92 Å². The first-order valence-corrected chi connectivity index (χ1v) is 6.26. The molecule has 0 unspecified atom stereocenters. The Labute approximate surface area is 99.6 Å². The molecule has 0 saturated carbocycles. The van der Waals surface area contributed by atoms with E-state index in [1.54, 1.807) is 0 Å². The van der Waals surface area contributed by atoms with Crippen LogP contribution in [0.25, 0.3) is 0 Å². The molecule has 2 nitrogen and oxygen atoms in total. The molecule has 0 spiro atoms. The first-order chi connectivity index (χ1) is 7.16. The van der Waals surface area contributed by atoms with Crippen molar-refractivity contribution in [3.05, 3.63) is 22.7 Å². The fourth-order valence-electron chi connectivity index (χ4n) is 1.99. The van der Waals surface area contributed by atoms with E-state index in [1.807, 2.05) is 6.07 Å². The summed E-state index contributed by atoms with van der Waals surface area (Å²) in [5.74, 6) is 0.869. The number of piperidine rings is 1. The third kappa shape index (κ3) is 2.46. The van der Waals surface area contributed by atoms with E-state index >= 15 is 0 Å². The van der Waals surface area contributed by atoms with Crippen LogP contribution in [0.15, 0.2) is 22.7 Å². The van der Waals surface area contributed by atoms with Crippen LogP contribution >= 0.6 is 15.9 Å². The monoisotopic (exact) mass is 268 g/mol. The molecule has 15 heavy (non-hydrogen) atoms. The van der Waals surface area contributed by atoms with E-state index in [4.69, 9.17) is 5.73 Å². The molecule has 0 atom stereocenters. The fourth-order valence-corrected chi connectivity index (χ4v) is 2.24. The third-order valence-electron chi connectivity index (χ3n) is 3.13. The molecular weight excluding hydrogens is 252 g/mol. The summed E-state index contributed by atoms with van der Waals surface area (Å²) in [7, 11) is 0. The van der Waals surface area contributed by atoms with E-state index in [9.17, 15) is 0 Å². The van der Waals surface area contributed by atoms with Gasteiger partial charge < -0.3 is 10.6 Å². The molecule has 2 N–H and O–H groups in total. The number of nitrogens with zero attached hydrogens (tertiary/aromatic N) is 1. The lowest BCUT2D eigenvalue weighted by molar-refractivity contribution is 0.438. The Morgan fingerprint density at radius 3 is 2.60 bits per heavy atom. The van der Waals surface area contributed by atoms with E-state index in [-0.39, 0.29) is 0 Å². The molecule has 1 aromatic rings. The molecule has 0 radical (unpaired) electrons. The van der Waals surface area contributed by atoms with Gasteiger partial charge in [-0.3, -0.25) is 0 Å². The second-order valence-corrected chi connectivity index (χ2v) is 5.23. The molecule has 1 fully saturated rings. The molecule has 0 bridgehead atoms. The number of hydrogen-bond donors (Lipinski definition) is 1. The lowest BCUT2D eigenvalue weighted by Gasteiger charge is -2.32. The largest absolute Gasteiger partial charge is 0.398 e. The summed E-state index contributed by atoms with van der Waals surface area (Å²) >= 11 is 3.42. The van der Waals surface area contributed by atoms with Crippen molar-refractivity contribution in [2.75, 3.05) is 23.7 Å². The number of nitrogens with two attached hydrogens (primary N) is 1. The molecule has 3 heteroatoms. The van der Waals surface area contributed by atoms with Crippen LogP contribution in [0.2, 0.25) is 0 Å². The van der Waals surface area contributed by atoms with Crippen molar-refractivity contribution in [1.29, 1.82) is 0 Å². The minimum atomic E-state index is 0.825. The van der Waals surface area contributed by atoms with Gasteiger partial charge in [0, 0.05) is 28.9 Å². The highest BCUT2D eigenvalue weighted by molar-refractivity contribution is 9.10. The van der Waals surface area contributed by atoms with Crippen LogP contribution in [0.5, 0.6) is 0 Å². The highest BCUT2D eigenvalue weighted by Gasteiger charge is 2.16. The molecule has 0 aromatic heterocycles. The SMILES string of the molecule is CC1CCN(c2ccc(Br)c(N)c2)CC1. The zero-order chi connectivity index (χ0) is 10.8. The van der Waals surface area contributed by atoms with Crippen LogP contribution in [-0.4, -0.2) is 13.1 Å². The predicted molar refractivity (Wildman–Crippen MR) is 69.2 cm³/mol. The molecule has 0 aliphatic carbocycles. The van der Waals surface area contributed by atoms with Crippen LogP contribution < -0.4 is 10.6 Å². The van der Waals surface area contributed by atoms with Crippen molar-refractivity contribution in [1.82, 2.24) is 0 Å². The molecule has 1 heterocycles. The lowest BCUT2D eigenvalue weighted by atomic mass is 9.99. The quantitative estimate of drug-likeness (QED) is 0.793. The van der Waals surface area contributed by atoms with Gasteiger partial charge >= 0.3 is 0 Å². The first-order valence-electron chi connectivity index (χ1n) is 5.47. The second kappa shape index (κ2) is 4.44. The van der Waals surface area contributed by atoms with Crippen LogP contribution in [-0.2, 0) is 0 Å². The molecular formula is C12H17BrN2. The van der Waals surface area contributed by atoms with Gasteiger partial charge in [-0.15, -0.1) is 0 Å². The Balaban J connectivity index is 2.12. The normalized spacial score (nSPS) is 18.1. The van der Waals surface area contributed by atoms with Gasteiger partial charge in [-0.05, 0) is 52.9 Å². The predicted octanol–water partition coefficient (Wildman–Crippen LogP) is 3.27. The van der Waals surface area contributed by atoms with E-state index in [0.29, 0.717) is 0 Å². The highest BCUT2D eigenvalue weighted by Crippen LogP contribution is 2.28. The van der Waals surface area contributed by atoms with Gasteiger partial charge in [0.15, 0.2) is 0 Å². The molecule has 2 rings (SSSR count). The summed E-state index contributed by atoms with van der Waals surface area (Å²) < 4.78 is 0.983. The van der Waals surface area contributed by atoms with Gasteiger partial charge in [0.2, 0.25) is 0 Å². The standard InChI is InChI=1S/C12H17BrN2/c1-9-4-6-15(7-5-9)10-2-3-11(13)12(14)8-10/h2-3,8-9H,4-7,14H2,1H3. The van der Waals surface area contributed by atoms with Gasteiger partial charge in [-0.1, -0.05) is 6.92 Å². The van der Waals surface area contributed by atoms with Crippen molar-refractivity contribution in [2.45, 2.75) is 19.8 Å². The smallest absolute Gasteiger partial charge is 0.0479 e. The Bertz CT molecular complexity index is 343. The van der Waals surface area contributed by atoms with Crippen LogP contribution in [0.3, 0.4) is 0 Å². The molecule has 82 valence electrons. The zero-order valence-electron chi connectivity index (χ0n) is 9.04. The van der Waals surface area contributed by atoms with Crippen molar-refractivity contribution < 1.29 is 0 Å². The summed E-state index contributed by atoms with van der Waals surface area (Å²) in [6.45, 7) is 4.64. The summed E-state index contributed by atoms with van der Waals surface area (Å²) in [6.07, 6.45) is 2.58. The van der Waals surface area contributed by atoms with Crippen LogP contribution in [0.1, 0.15) is 19.8 Å². The maximum Gasteiger partial charge on any atom is 0.0479 e. The molecule has 1 aromatic carbocycles. The second-order valence-electron chi connectivity index (χ2n) is 4.38. The lowest BCUT2D eigenvalue weighted by Crippen LogP contribution is -2.32. The minimum absolute atomic E-state index is 0.825. The summed E-state index contributed by atoms with van der Waals surface area (Å²) in [4.78, 5) is 2.42. The Hall–Kier alpha value is -0.700. The Kier molecular flexibility index (Phi) is 3.19. The topological polar surface area (TPSA) is 29.3 Å². The molecule has 1 aliphatic rings. The minimum Gasteiger partial charge on any atom is -0.398 e. The Morgan fingerprint density at radius 1 is 1.33 bits per heavy atom. The average molecular weight is 269 g/mol. The highest BCUT2D eigenvalue weighted by atomic mass is 79.9. The van der Waals surface area contributed by atoms with Gasteiger partial charge in [0.25, 0.3) is 0 Å². The first kappa shape index (κ1) is 10.8. The van der Waals surface area contributed by atoms with Crippen molar-refractivity contribution in [3.8, 4) is 0 Å².